The number of amides is 1. The SMILES string of the molecule is CCOC(=O)Nc1ccc(Oc2ccc3c(c2)C[C@@H](NC[C@H](O)c2cccc(Cl)c2)CC3)cc1C(=O)O.Cl. The number of carboxylic acids is 1. The van der Waals surface area contributed by atoms with Crippen LogP contribution in [-0.4, -0.2) is 41.5 Å². The lowest BCUT2D eigenvalue weighted by atomic mass is 9.88. The largest absolute Gasteiger partial charge is 0.478 e. The number of nitrogens with one attached hydrogen (secondary N) is 2. The Morgan fingerprint density at radius 1 is 1.08 bits per heavy atom. The summed E-state index contributed by atoms with van der Waals surface area (Å²) < 4.78 is 10.8. The first-order valence-corrected chi connectivity index (χ1v) is 12.5. The van der Waals surface area contributed by atoms with Crippen LogP contribution in [0.25, 0.3) is 0 Å². The van der Waals surface area contributed by atoms with Crippen molar-refractivity contribution >= 4 is 41.8 Å². The van der Waals surface area contributed by atoms with Gasteiger partial charge in [-0.15, -0.1) is 12.4 Å². The van der Waals surface area contributed by atoms with Gasteiger partial charge in [-0.05, 0) is 85.3 Å². The van der Waals surface area contributed by atoms with Crippen LogP contribution >= 0.6 is 24.0 Å². The number of aliphatic hydroxyl groups is 1. The number of ether oxygens (including phenoxy) is 2. The smallest absolute Gasteiger partial charge is 0.411 e. The quantitative estimate of drug-likeness (QED) is 0.253. The summed E-state index contributed by atoms with van der Waals surface area (Å²) in [5.41, 5.74) is 3.17. The number of aliphatic hydroxyl groups excluding tert-OH is 1. The lowest BCUT2D eigenvalue weighted by molar-refractivity contribution is 0.0697. The minimum absolute atomic E-state index is 0. The number of rotatable bonds is 9. The fraction of sp³-hybridized carbons (Fsp3) is 0.286. The van der Waals surface area contributed by atoms with Crippen LogP contribution < -0.4 is 15.4 Å². The maximum atomic E-state index is 11.7. The van der Waals surface area contributed by atoms with Gasteiger partial charge in [0.25, 0.3) is 0 Å². The van der Waals surface area contributed by atoms with Gasteiger partial charge >= 0.3 is 12.1 Å². The first-order chi connectivity index (χ1) is 17.8. The number of carbonyl (C=O) groups is 2. The number of hydrogen-bond acceptors (Lipinski definition) is 6. The molecule has 8 nitrogen and oxygen atoms in total. The number of carbonyl (C=O) groups excluding carboxylic acids is 1. The Labute approximate surface area is 232 Å². The van der Waals surface area contributed by atoms with Crippen molar-refractivity contribution in [2.24, 2.45) is 0 Å². The maximum Gasteiger partial charge on any atom is 0.411 e. The highest BCUT2D eigenvalue weighted by molar-refractivity contribution is 6.30. The minimum atomic E-state index is -1.20. The zero-order valence-electron chi connectivity index (χ0n) is 20.8. The average Bonchev–Trinajstić information content (AvgIpc) is 2.88. The molecule has 38 heavy (non-hydrogen) atoms. The third kappa shape index (κ3) is 7.61. The lowest BCUT2D eigenvalue weighted by Gasteiger charge is -2.27. The van der Waals surface area contributed by atoms with Gasteiger partial charge < -0.3 is 25.0 Å². The fourth-order valence-electron chi connectivity index (χ4n) is 4.37. The molecule has 3 aromatic carbocycles. The number of anilines is 1. The van der Waals surface area contributed by atoms with Gasteiger partial charge in [0.2, 0.25) is 0 Å². The Bertz CT molecular complexity index is 1290. The molecule has 0 radical (unpaired) electrons. The Balaban J connectivity index is 0.00000400. The number of aryl methyl sites for hydroxylation is 1. The van der Waals surface area contributed by atoms with E-state index in [2.05, 4.69) is 10.6 Å². The van der Waals surface area contributed by atoms with Crippen molar-refractivity contribution in [3.63, 3.8) is 0 Å². The molecular weight excluding hydrogens is 531 g/mol. The van der Waals surface area contributed by atoms with Crippen LogP contribution in [-0.2, 0) is 17.6 Å². The van der Waals surface area contributed by atoms with Gasteiger partial charge in [0, 0.05) is 17.6 Å². The van der Waals surface area contributed by atoms with Crippen molar-refractivity contribution < 1.29 is 29.3 Å². The Hall–Kier alpha value is -3.30. The minimum Gasteiger partial charge on any atom is -0.478 e. The van der Waals surface area contributed by atoms with Gasteiger partial charge in [0.15, 0.2) is 0 Å². The van der Waals surface area contributed by atoms with Gasteiger partial charge in [-0.1, -0.05) is 29.8 Å². The van der Waals surface area contributed by atoms with Gasteiger partial charge in [-0.3, -0.25) is 5.32 Å². The molecule has 0 heterocycles. The molecule has 0 aromatic heterocycles. The van der Waals surface area contributed by atoms with Gasteiger partial charge in [-0.2, -0.15) is 0 Å². The van der Waals surface area contributed by atoms with Crippen molar-refractivity contribution in [2.75, 3.05) is 18.5 Å². The van der Waals surface area contributed by atoms with Crippen LogP contribution in [0.3, 0.4) is 0 Å². The van der Waals surface area contributed by atoms with Crippen LogP contribution in [0.2, 0.25) is 5.02 Å². The maximum absolute atomic E-state index is 11.7. The number of benzene rings is 3. The van der Waals surface area contributed by atoms with Crippen molar-refractivity contribution in [1.29, 1.82) is 0 Å². The van der Waals surface area contributed by atoms with E-state index in [-0.39, 0.29) is 36.3 Å². The molecule has 2 atom stereocenters. The molecule has 0 saturated heterocycles. The molecule has 0 unspecified atom stereocenters. The molecule has 3 aromatic rings. The molecular formula is C28H30Cl2N2O6. The zero-order valence-corrected chi connectivity index (χ0v) is 22.3. The molecule has 10 heteroatoms. The first-order valence-electron chi connectivity index (χ1n) is 12.1. The topological polar surface area (TPSA) is 117 Å². The number of hydrogen-bond donors (Lipinski definition) is 4. The van der Waals surface area contributed by atoms with Crippen molar-refractivity contribution in [1.82, 2.24) is 5.32 Å². The molecule has 4 rings (SSSR count). The lowest BCUT2D eigenvalue weighted by Crippen LogP contribution is -2.37. The number of carboxylic acid groups (broad SMARTS) is 1. The molecule has 0 aliphatic heterocycles. The molecule has 0 saturated carbocycles. The molecule has 202 valence electrons. The van der Waals surface area contributed by atoms with Gasteiger partial charge in [-0.25, -0.2) is 9.59 Å². The second-order valence-electron chi connectivity index (χ2n) is 8.81. The van der Waals surface area contributed by atoms with Crippen LogP contribution in [0.15, 0.2) is 60.7 Å². The summed E-state index contributed by atoms with van der Waals surface area (Å²) in [7, 11) is 0. The summed E-state index contributed by atoms with van der Waals surface area (Å²) in [6, 6.07) is 17.7. The Kier molecular flexibility index (Phi) is 10.4. The third-order valence-corrected chi connectivity index (χ3v) is 6.44. The van der Waals surface area contributed by atoms with E-state index in [9.17, 15) is 19.8 Å². The molecule has 0 bridgehead atoms. The number of aromatic carboxylic acids is 1. The Morgan fingerprint density at radius 3 is 2.58 bits per heavy atom. The summed E-state index contributed by atoms with van der Waals surface area (Å²) in [4.78, 5) is 23.4. The summed E-state index contributed by atoms with van der Waals surface area (Å²) in [6.07, 6.45) is 1.25. The average molecular weight is 561 g/mol. The van der Waals surface area contributed by atoms with E-state index in [1.165, 1.54) is 17.7 Å². The van der Waals surface area contributed by atoms with Crippen LogP contribution in [0.4, 0.5) is 10.5 Å². The highest BCUT2D eigenvalue weighted by Gasteiger charge is 2.21. The highest BCUT2D eigenvalue weighted by Crippen LogP contribution is 2.31. The van der Waals surface area contributed by atoms with Gasteiger partial charge in [0.1, 0.15) is 11.5 Å². The van der Waals surface area contributed by atoms with E-state index in [1.807, 2.05) is 30.3 Å². The third-order valence-electron chi connectivity index (χ3n) is 6.21. The van der Waals surface area contributed by atoms with Crippen LogP contribution in [0.5, 0.6) is 11.5 Å². The summed E-state index contributed by atoms with van der Waals surface area (Å²) >= 11 is 6.04. The second kappa shape index (κ2) is 13.5. The Morgan fingerprint density at radius 2 is 1.84 bits per heavy atom. The zero-order chi connectivity index (χ0) is 26.4. The number of fused-ring (bicyclic) bond motifs is 1. The summed E-state index contributed by atoms with van der Waals surface area (Å²) in [5, 5.41) is 26.6. The van der Waals surface area contributed by atoms with E-state index < -0.39 is 18.2 Å². The van der Waals surface area contributed by atoms with E-state index in [0.717, 1.165) is 30.4 Å². The van der Waals surface area contributed by atoms with E-state index in [4.69, 9.17) is 21.1 Å². The van der Waals surface area contributed by atoms with E-state index in [0.29, 0.717) is 23.1 Å². The molecule has 1 aliphatic rings. The predicted octanol–water partition coefficient (Wildman–Crippen LogP) is 6.00. The van der Waals surface area contributed by atoms with Crippen LogP contribution in [0.1, 0.15) is 46.5 Å². The number of halogens is 2. The second-order valence-corrected chi connectivity index (χ2v) is 9.25. The van der Waals surface area contributed by atoms with Gasteiger partial charge in [0.05, 0.1) is 24.0 Å². The van der Waals surface area contributed by atoms with E-state index >= 15 is 0 Å². The fourth-order valence-corrected chi connectivity index (χ4v) is 4.57. The predicted molar refractivity (Wildman–Crippen MR) is 148 cm³/mol. The first kappa shape index (κ1) is 29.3. The molecule has 0 spiro atoms. The highest BCUT2D eigenvalue weighted by atomic mass is 35.5. The van der Waals surface area contributed by atoms with Crippen LogP contribution in [0, 0.1) is 0 Å². The monoisotopic (exact) mass is 560 g/mol. The van der Waals surface area contributed by atoms with Crippen molar-refractivity contribution in [3.8, 4) is 11.5 Å². The molecule has 4 N–H and O–H groups in total. The van der Waals surface area contributed by atoms with E-state index in [1.54, 1.807) is 25.1 Å². The molecule has 1 aliphatic carbocycles. The van der Waals surface area contributed by atoms with Crippen molar-refractivity contribution in [2.45, 2.75) is 38.3 Å². The molecule has 0 fully saturated rings. The summed E-state index contributed by atoms with van der Waals surface area (Å²) in [6.45, 7) is 2.25. The standard InChI is InChI=1S/C28H29ClN2O6.ClH/c1-2-36-28(35)31-25-11-10-23(15-24(25)27(33)34)37-22-9-7-17-6-8-21(13-19(17)14-22)30-16-26(32)18-4-3-5-20(29)12-18;/h3-5,7,9-12,14-15,21,26,30,32H,2,6,8,13,16H2,1H3,(H,31,35)(H,33,34);1H/t21-,26-;/m0./s1. The normalized spacial score (nSPS) is 15.0. The van der Waals surface area contributed by atoms with Crippen molar-refractivity contribution in [3.05, 3.63) is 87.9 Å². The summed E-state index contributed by atoms with van der Waals surface area (Å²) in [5.74, 6) is -0.278. The molecule has 1 amide bonds.